The molecule has 1 N–H and O–H groups in total. The molecule has 1 unspecified atom stereocenters. The number of carbonyl (C=O) groups excluding carboxylic acids is 2. The molecule has 0 saturated carbocycles. The van der Waals surface area contributed by atoms with Crippen LogP contribution in [0.4, 0.5) is 5.69 Å². The molecule has 2 fully saturated rings. The molecule has 1 aromatic carbocycles. The second-order valence-electron chi connectivity index (χ2n) is 5.79. The summed E-state index contributed by atoms with van der Waals surface area (Å²) in [6, 6.07) is 7.70. The summed E-state index contributed by atoms with van der Waals surface area (Å²) in [5, 5.41) is 2.90. The number of rotatable bonds is 3. The molecule has 3 rings (SSSR count). The van der Waals surface area contributed by atoms with Gasteiger partial charge in [0.1, 0.15) is 0 Å². The second-order valence-corrected chi connectivity index (χ2v) is 6.71. The number of carbonyl (C=O) groups is 2. The third-order valence-corrected chi connectivity index (χ3v) is 4.75. The molecule has 0 aliphatic carbocycles. The molecule has 2 aliphatic heterocycles. The van der Waals surface area contributed by atoms with Crippen LogP contribution >= 0.6 is 15.9 Å². The van der Waals surface area contributed by atoms with Crippen molar-refractivity contribution in [2.75, 3.05) is 25.1 Å². The minimum Gasteiger partial charge on any atom is -0.381 e. The summed E-state index contributed by atoms with van der Waals surface area (Å²) in [5.74, 6) is -0.267. The van der Waals surface area contributed by atoms with Gasteiger partial charge in [0.05, 0.1) is 5.92 Å². The van der Waals surface area contributed by atoms with Crippen LogP contribution in [-0.4, -0.2) is 42.5 Å². The Morgan fingerprint density at radius 1 is 1.32 bits per heavy atom. The molecule has 2 aliphatic rings. The minimum absolute atomic E-state index is 0.0824. The van der Waals surface area contributed by atoms with Gasteiger partial charge in [-0.1, -0.05) is 22.0 Å². The maximum absolute atomic E-state index is 12.4. The van der Waals surface area contributed by atoms with Crippen LogP contribution < -0.4 is 5.32 Å². The highest BCUT2D eigenvalue weighted by Crippen LogP contribution is 2.26. The number of hydrogen-bond donors (Lipinski definition) is 1. The van der Waals surface area contributed by atoms with E-state index in [1.165, 1.54) is 0 Å². The lowest BCUT2D eigenvalue weighted by Crippen LogP contribution is -2.41. The van der Waals surface area contributed by atoms with Gasteiger partial charge in [-0.2, -0.15) is 0 Å². The Morgan fingerprint density at radius 2 is 2.09 bits per heavy atom. The fourth-order valence-corrected chi connectivity index (χ4v) is 3.47. The molecule has 1 atom stereocenters. The second kappa shape index (κ2) is 6.79. The maximum atomic E-state index is 12.4. The van der Waals surface area contributed by atoms with Crippen molar-refractivity contribution < 1.29 is 14.3 Å². The summed E-state index contributed by atoms with van der Waals surface area (Å²) in [6.45, 7) is 1.91. The lowest BCUT2D eigenvalue weighted by atomic mass is 10.1. The average molecular weight is 367 g/mol. The monoisotopic (exact) mass is 366 g/mol. The molecular weight excluding hydrogens is 348 g/mol. The van der Waals surface area contributed by atoms with Gasteiger partial charge in [0.25, 0.3) is 0 Å². The highest BCUT2D eigenvalue weighted by atomic mass is 79.9. The van der Waals surface area contributed by atoms with Crippen molar-refractivity contribution in [2.45, 2.75) is 25.3 Å². The highest BCUT2D eigenvalue weighted by molar-refractivity contribution is 9.10. The zero-order valence-corrected chi connectivity index (χ0v) is 13.8. The quantitative estimate of drug-likeness (QED) is 0.893. The Kier molecular flexibility index (Phi) is 4.78. The van der Waals surface area contributed by atoms with Crippen molar-refractivity contribution in [3.8, 4) is 0 Å². The normalized spacial score (nSPS) is 22.9. The number of nitrogens with one attached hydrogen (secondary N) is 1. The molecule has 22 heavy (non-hydrogen) atoms. The van der Waals surface area contributed by atoms with Crippen LogP contribution in [0.2, 0.25) is 0 Å². The summed E-state index contributed by atoms with van der Waals surface area (Å²) >= 11 is 3.38. The summed E-state index contributed by atoms with van der Waals surface area (Å²) in [6.07, 6.45) is 2.04. The lowest BCUT2D eigenvalue weighted by molar-refractivity contribution is -0.131. The van der Waals surface area contributed by atoms with Crippen molar-refractivity contribution in [2.24, 2.45) is 5.92 Å². The highest BCUT2D eigenvalue weighted by Gasteiger charge is 2.38. The number of nitrogens with zero attached hydrogens (tertiary/aromatic N) is 1. The molecule has 0 aromatic heterocycles. The molecule has 0 spiro atoms. The van der Waals surface area contributed by atoms with Crippen LogP contribution in [0.5, 0.6) is 0 Å². The Labute approximate surface area is 138 Å². The minimum atomic E-state index is -0.269. The van der Waals surface area contributed by atoms with E-state index < -0.39 is 0 Å². The van der Waals surface area contributed by atoms with Gasteiger partial charge in [0, 0.05) is 42.4 Å². The molecule has 2 amide bonds. The van der Waals surface area contributed by atoms with Crippen LogP contribution in [0.3, 0.4) is 0 Å². The van der Waals surface area contributed by atoms with Gasteiger partial charge in [-0.15, -0.1) is 0 Å². The maximum Gasteiger partial charge on any atom is 0.229 e. The van der Waals surface area contributed by atoms with Crippen LogP contribution in [0.1, 0.15) is 19.3 Å². The molecular formula is C16H19BrN2O3. The predicted molar refractivity (Wildman–Crippen MR) is 86.4 cm³/mol. The van der Waals surface area contributed by atoms with Crippen molar-refractivity contribution in [1.82, 2.24) is 4.90 Å². The van der Waals surface area contributed by atoms with E-state index in [-0.39, 0.29) is 23.8 Å². The Balaban J connectivity index is 1.61. The molecule has 2 heterocycles. The SMILES string of the molecule is O=C(Nc1cccc(Br)c1)C1CC(=O)N(C2CCOCC2)C1. The van der Waals surface area contributed by atoms with Crippen LogP contribution in [0, 0.1) is 5.92 Å². The average Bonchev–Trinajstić information content (AvgIpc) is 2.90. The van der Waals surface area contributed by atoms with Crippen LogP contribution in [-0.2, 0) is 14.3 Å². The number of benzene rings is 1. The zero-order valence-electron chi connectivity index (χ0n) is 12.3. The Bertz CT molecular complexity index is 572. The van der Waals surface area contributed by atoms with Gasteiger partial charge in [0.15, 0.2) is 0 Å². The predicted octanol–water partition coefficient (Wildman–Crippen LogP) is 2.42. The molecule has 118 valence electrons. The molecule has 2 saturated heterocycles. The summed E-state index contributed by atoms with van der Waals surface area (Å²) < 4.78 is 6.25. The van der Waals surface area contributed by atoms with E-state index in [1.54, 1.807) is 0 Å². The van der Waals surface area contributed by atoms with E-state index in [9.17, 15) is 9.59 Å². The van der Waals surface area contributed by atoms with Crippen molar-refractivity contribution in [3.05, 3.63) is 28.7 Å². The first-order chi connectivity index (χ1) is 10.6. The van der Waals surface area contributed by atoms with E-state index in [4.69, 9.17) is 4.74 Å². The first-order valence-electron chi connectivity index (χ1n) is 7.57. The Hall–Kier alpha value is -1.40. The number of anilines is 1. The van der Waals surface area contributed by atoms with Crippen molar-refractivity contribution in [1.29, 1.82) is 0 Å². The summed E-state index contributed by atoms with van der Waals surface area (Å²) in [5.41, 5.74) is 0.747. The molecule has 6 heteroatoms. The van der Waals surface area contributed by atoms with Gasteiger partial charge >= 0.3 is 0 Å². The van der Waals surface area contributed by atoms with E-state index in [2.05, 4.69) is 21.2 Å². The first kappa shape index (κ1) is 15.5. The Morgan fingerprint density at radius 3 is 2.82 bits per heavy atom. The number of ether oxygens (including phenoxy) is 1. The first-order valence-corrected chi connectivity index (χ1v) is 8.36. The number of hydrogen-bond acceptors (Lipinski definition) is 3. The third kappa shape index (κ3) is 3.50. The largest absolute Gasteiger partial charge is 0.381 e. The van der Waals surface area contributed by atoms with E-state index in [0.29, 0.717) is 26.2 Å². The fourth-order valence-electron chi connectivity index (χ4n) is 3.07. The number of likely N-dealkylation sites (tertiary alicyclic amines) is 1. The smallest absolute Gasteiger partial charge is 0.229 e. The molecule has 0 bridgehead atoms. The van der Waals surface area contributed by atoms with Crippen LogP contribution in [0.15, 0.2) is 28.7 Å². The summed E-state index contributed by atoms with van der Waals surface area (Å²) in [4.78, 5) is 26.4. The van der Waals surface area contributed by atoms with Crippen LogP contribution in [0.25, 0.3) is 0 Å². The fraction of sp³-hybridized carbons (Fsp3) is 0.500. The number of amides is 2. The molecule has 0 radical (unpaired) electrons. The molecule has 5 nitrogen and oxygen atoms in total. The summed E-state index contributed by atoms with van der Waals surface area (Å²) in [7, 11) is 0. The van der Waals surface area contributed by atoms with Crippen molar-refractivity contribution >= 4 is 33.4 Å². The standard InChI is InChI=1S/C16H19BrN2O3/c17-12-2-1-3-13(9-12)18-16(21)11-8-15(20)19(10-11)14-4-6-22-7-5-14/h1-3,9,11,14H,4-8,10H2,(H,18,21). The lowest BCUT2D eigenvalue weighted by Gasteiger charge is -2.31. The number of halogens is 1. The van der Waals surface area contributed by atoms with Gasteiger partial charge < -0.3 is 15.0 Å². The third-order valence-electron chi connectivity index (χ3n) is 4.25. The van der Waals surface area contributed by atoms with Gasteiger partial charge in [-0.3, -0.25) is 9.59 Å². The van der Waals surface area contributed by atoms with Gasteiger partial charge in [-0.25, -0.2) is 0 Å². The topological polar surface area (TPSA) is 58.6 Å². The van der Waals surface area contributed by atoms with Gasteiger partial charge in [0.2, 0.25) is 11.8 Å². The molecule has 1 aromatic rings. The van der Waals surface area contributed by atoms with Gasteiger partial charge in [-0.05, 0) is 31.0 Å². The van der Waals surface area contributed by atoms with E-state index in [1.807, 2.05) is 29.2 Å². The zero-order chi connectivity index (χ0) is 15.5. The van der Waals surface area contributed by atoms with E-state index >= 15 is 0 Å². The van der Waals surface area contributed by atoms with E-state index in [0.717, 1.165) is 23.0 Å². The van der Waals surface area contributed by atoms with Crippen molar-refractivity contribution in [3.63, 3.8) is 0 Å².